The number of hydrogen-bond donors (Lipinski definition) is 0. The van der Waals surface area contributed by atoms with Gasteiger partial charge in [-0.25, -0.2) is 8.42 Å². The largest absolute Gasteiger partial charge is 0.243 e. The maximum Gasteiger partial charge on any atom is 0.243 e. The fourth-order valence-electron chi connectivity index (χ4n) is 1.90. The average Bonchev–Trinajstić information content (AvgIpc) is 2.40. The second-order valence-electron chi connectivity index (χ2n) is 4.08. The lowest BCUT2D eigenvalue weighted by molar-refractivity contribution is 0.416. The van der Waals surface area contributed by atoms with Gasteiger partial charge in [-0.2, -0.15) is 16.1 Å². The highest BCUT2D eigenvalue weighted by atomic mass is 32.2. The van der Waals surface area contributed by atoms with Gasteiger partial charge in [-0.15, -0.1) is 0 Å². The van der Waals surface area contributed by atoms with Crippen LogP contribution in [0.3, 0.4) is 0 Å². The first-order valence-electron chi connectivity index (χ1n) is 5.81. The van der Waals surface area contributed by atoms with E-state index >= 15 is 0 Å². The van der Waals surface area contributed by atoms with Gasteiger partial charge in [-0.1, -0.05) is 25.1 Å². The number of nitrogens with zero attached hydrogens (tertiary/aromatic N) is 1. The molecule has 1 atom stereocenters. The van der Waals surface area contributed by atoms with Crippen LogP contribution >= 0.6 is 11.8 Å². The number of hydrogen-bond acceptors (Lipinski definition) is 3. The van der Waals surface area contributed by atoms with Crippen molar-refractivity contribution < 1.29 is 8.42 Å². The van der Waals surface area contributed by atoms with Crippen molar-refractivity contribution in [3.8, 4) is 0 Å². The number of rotatable bonds is 3. The molecular weight excluding hydrogens is 254 g/mol. The van der Waals surface area contributed by atoms with Crippen LogP contribution in [-0.4, -0.2) is 36.8 Å². The van der Waals surface area contributed by atoms with E-state index in [0.717, 1.165) is 12.2 Å². The third-order valence-electron chi connectivity index (χ3n) is 2.94. The minimum Gasteiger partial charge on any atom is -0.207 e. The van der Waals surface area contributed by atoms with E-state index in [-0.39, 0.29) is 0 Å². The Labute approximate surface area is 107 Å². The van der Waals surface area contributed by atoms with Crippen LogP contribution in [-0.2, 0) is 10.0 Å². The van der Waals surface area contributed by atoms with E-state index < -0.39 is 10.0 Å². The fraction of sp³-hybridized carbons (Fsp3) is 0.500. The summed E-state index contributed by atoms with van der Waals surface area (Å²) in [4.78, 5) is 0.404. The summed E-state index contributed by atoms with van der Waals surface area (Å²) in [5.41, 5.74) is 0. The highest BCUT2D eigenvalue weighted by molar-refractivity contribution is 8.00. The molecule has 0 radical (unpaired) electrons. The highest BCUT2D eigenvalue weighted by Gasteiger charge is 2.29. The van der Waals surface area contributed by atoms with E-state index in [1.54, 1.807) is 28.6 Å². The summed E-state index contributed by atoms with van der Waals surface area (Å²) in [5.74, 6) is 0.893. The highest BCUT2D eigenvalue weighted by Crippen LogP contribution is 2.25. The van der Waals surface area contributed by atoms with Crippen LogP contribution in [0, 0.1) is 0 Å². The lowest BCUT2D eigenvalue weighted by Crippen LogP contribution is -2.41. The van der Waals surface area contributed by atoms with Crippen LogP contribution in [0.5, 0.6) is 0 Å². The molecule has 1 unspecified atom stereocenters. The van der Waals surface area contributed by atoms with Gasteiger partial charge in [0.05, 0.1) is 4.90 Å². The summed E-state index contributed by atoms with van der Waals surface area (Å²) >= 11 is 1.87. The molecule has 0 saturated carbocycles. The van der Waals surface area contributed by atoms with E-state index in [1.165, 1.54) is 0 Å². The fourth-order valence-corrected chi connectivity index (χ4v) is 4.80. The molecule has 1 aliphatic heterocycles. The molecule has 0 spiro atoms. The summed E-state index contributed by atoms with van der Waals surface area (Å²) in [6.07, 6.45) is 1.02. The van der Waals surface area contributed by atoms with E-state index in [0.29, 0.717) is 23.2 Å². The minimum atomic E-state index is -3.29. The van der Waals surface area contributed by atoms with Crippen LogP contribution < -0.4 is 0 Å². The molecule has 1 saturated heterocycles. The van der Waals surface area contributed by atoms with E-state index in [1.807, 2.05) is 17.8 Å². The Morgan fingerprint density at radius 2 is 2.06 bits per heavy atom. The van der Waals surface area contributed by atoms with Gasteiger partial charge in [0.2, 0.25) is 10.0 Å². The third-order valence-corrected chi connectivity index (χ3v) is 6.19. The zero-order chi connectivity index (χ0) is 12.3. The molecule has 3 nitrogen and oxygen atoms in total. The lowest BCUT2D eigenvalue weighted by Gasteiger charge is -2.31. The Bertz CT molecular complexity index is 459. The van der Waals surface area contributed by atoms with Crippen LogP contribution in [0.4, 0.5) is 0 Å². The van der Waals surface area contributed by atoms with Gasteiger partial charge in [0.1, 0.15) is 0 Å². The smallest absolute Gasteiger partial charge is 0.207 e. The minimum absolute atomic E-state index is 0.404. The van der Waals surface area contributed by atoms with E-state index in [2.05, 4.69) is 6.92 Å². The molecule has 17 heavy (non-hydrogen) atoms. The molecule has 1 aromatic rings. The molecule has 1 aromatic carbocycles. The van der Waals surface area contributed by atoms with Crippen molar-refractivity contribution >= 4 is 21.8 Å². The molecule has 0 amide bonds. The molecule has 0 N–H and O–H groups in total. The van der Waals surface area contributed by atoms with Crippen molar-refractivity contribution in [1.82, 2.24) is 4.31 Å². The zero-order valence-corrected chi connectivity index (χ0v) is 11.5. The molecule has 5 heteroatoms. The number of thioether (sulfide) groups is 1. The summed E-state index contributed by atoms with van der Waals surface area (Å²) < 4.78 is 26.3. The molecule has 1 fully saturated rings. The first-order chi connectivity index (χ1) is 8.14. The van der Waals surface area contributed by atoms with Crippen molar-refractivity contribution in [3.05, 3.63) is 30.3 Å². The van der Waals surface area contributed by atoms with Crippen molar-refractivity contribution in [2.24, 2.45) is 0 Å². The molecule has 0 aromatic heterocycles. The maximum atomic E-state index is 12.4. The first kappa shape index (κ1) is 12.9. The average molecular weight is 271 g/mol. The SMILES string of the molecule is CCC1CN(S(=O)(=O)c2ccccc2)CCS1. The van der Waals surface area contributed by atoms with Gasteiger partial charge in [0.25, 0.3) is 0 Å². The molecule has 2 rings (SSSR count). The quantitative estimate of drug-likeness (QED) is 0.846. The second kappa shape index (κ2) is 5.42. The first-order valence-corrected chi connectivity index (χ1v) is 8.30. The Balaban J connectivity index is 2.21. The van der Waals surface area contributed by atoms with Crippen LogP contribution in [0.25, 0.3) is 0 Å². The normalized spacial score (nSPS) is 22.5. The van der Waals surface area contributed by atoms with Crippen molar-refractivity contribution in [3.63, 3.8) is 0 Å². The predicted octanol–water partition coefficient (Wildman–Crippen LogP) is 2.20. The second-order valence-corrected chi connectivity index (χ2v) is 7.42. The van der Waals surface area contributed by atoms with Gasteiger partial charge in [-0.3, -0.25) is 0 Å². The Hall–Kier alpha value is -0.520. The topological polar surface area (TPSA) is 37.4 Å². The molecule has 0 bridgehead atoms. The molecular formula is C12H17NO2S2. The van der Waals surface area contributed by atoms with E-state index in [4.69, 9.17) is 0 Å². The Kier molecular flexibility index (Phi) is 4.12. The van der Waals surface area contributed by atoms with Gasteiger partial charge >= 0.3 is 0 Å². The van der Waals surface area contributed by atoms with Gasteiger partial charge in [0.15, 0.2) is 0 Å². The summed E-state index contributed by atoms with van der Waals surface area (Å²) in [5, 5.41) is 0.433. The summed E-state index contributed by atoms with van der Waals surface area (Å²) in [7, 11) is -3.29. The zero-order valence-electron chi connectivity index (χ0n) is 9.87. The molecule has 0 aliphatic carbocycles. The summed E-state index contributed by atoms with van der Waals surface area (Å²) in [6.45, 7) is 3.37. The Morgan fingerprint density at radius 3 is 2.71 bits per heavy atom. The molecule has 1 heterocycles. The van der Waals surface area contributed by atoms with Crippen molar-refractivity contribution in [1.29, 1.82) is 0 Å². The van der Waals surface area contributed by atoms with Gasteiger partial charge < -0.3 is 0 Å². The third kappa shape index (κ3) is 2.84. The predicted molar refractivity (Wildman–Crippen MR) is 71.7 cm³/mol. The molecule has 1 aliphatic rings. The van der Waals surface area contributed by atoms with Crippen molar-refractivity contribution in [2.45, 2.75) is 23.5 Å². The van der Waals surface area contributed by atoms with Crippen LogP contribution in [0.15, 0.2) is 35.2 Å². The lowest BCUT2D eigenvalue weighted by atomic mass is 10.3. The number of benzene rings is 1. The van der Waals surface area contributed by atoms with Gasteiger partial charge in [-0.05, 0) is 18.6 Å². The molecule has 94 valence electrons. The maximum absolute atomic E-state index is 12.4. The summed E-state index contributed by atoms with van der Waals surface area (Å²) in [6, 6.07) is 8.70. The monoisotopic (exact) mass is 271 g/mol. The van der Waals surface area contributed by atoms with E-state index in [9.17, 15) is 8.42 Å². The van der Waals surface area contributed by atoms with Crippen LogP contribution in [0.2, 0.25) is 0 Å². The standard InChI is InChI=1S/C12H17NO2S2/c1-2-11-10-13(8-9-16-11)17(14,15)12-6-4-3-5-7-12/h3-7,11H,2,8-10H2,1H3. The Morgan fingerprint density at radius 1 is 1.35 bits per heavy atom. The van der Waals surface area contributed by atoms with Crippen molar-refractivity contribution in [2.75, 3.05) is 18.8 Å². The number of sulfonamides is 1. The van der Waals surface area contributed by atoms with Crippen LogP contribution in [0.1, 0.15) is 13.3 Å². The van der Waals surface area contributed by atoms with Gasteiger partial charge in [0, 0.05) is 24.1 Å².